The van der Waals surface area contributed by atoms with Crippen LogP contribution in [-0.4, -0.2) is 23.0 Å². The van der Waals surface area contributed by atoms with E-state index in [-0.39, 0.29) is 17.1 Å². The molecule has 0 fully saturated rings. The average molecular weight is 434 g/mol. The van der Waals surface area contributed by atoms with Crippen molar-refractivity contribution in [2.45, 2.75) is 26.2 Å². The van der Waals surface area contributed by atoms with Crippen LogP contribution in [0.25, 0.3) is 16.5 Å². The molecule has 5 heteroatoms. The van der Waals surface area contributed by atoms with Gasteiger partial charge in [-0.2, -0.15) is 0 Å². The number of H-pyrrole nitrogens is 1. The van der Waals surface area contributed by atoms with Gasteiger partial charge in [0.1, 0.15) is 11.5 Å². The standard InChI is InChI=1S/C26H24ClNO3/c1-14-6-8-17(31-5)12-21(14)26(3,4)15(2)10-19-24(29)23(25(19)30)20-13-28-22-9-7-16(27)11-18(20)22/h6-13,28-29H,2H2,1,3-5H3/b19-10+. The van der Waals surface area contributed by atoms with Crippen molar-refractivity contribution < 1.29 is 14.6 Å². The van der Waals surface area contributed by atoms with Crippen LogP contribution in [0.2, 0.25) is 5.02 Å². The van der Waals surface area contributed by atoms with Crippen LogP contribution in [0.4, 0.5) is 0 Å². The van der Waals surface area contributed by atoms with Gasteiger partial charge in [-0.05, 0) is 60.0 Å². The van der Waals surface area contributed by atoms with Crippen LogP contribution in [0, 0.1) is 6.92 Å². The Labute approximate surface area is 186 Å². The number of ether oxygens (including phenoxy) is 1. The molecule has 4 nitrogen and oxygen atoms in total. The molecule has 1 heterocycles. The van der Waals surface area contributed by atoms with Crippen molar-refractivity contribution in [3.8, 4) is 5.75 Å². The molecule has 0 unspecified atom stereocenters. The highest BCUT2D eigenvalue weighted by Crippen LogP contribution is 2.42. The number of aliphatic hydroxyl groups is 1. The molecule has 0 aliphatic heterocycles. The molecule has 31 heavy (non-hydrogen) atoms. The van der Waals surface area contributed by atoms with E-state index in [4.69, 9.17) is 16.3 Å². The molecule has 2 N–H and O–H groups in total. The van der Waals surface area contributed by atoms with E-state index in [9.17, 15) is 9.90 Å². The minimum absolute atomic E-state index is 0.0230. The van der Waals surface area contributed by atoms with Gasteiger partial charge in [-0.1, -0.05) is 38.1 Å². The van der Waals surface area contributed by atoms with Crippen LogP contribution in [0.5, 0.6) is 5.75 Å². The molecule has 0 bridgehead atoms. The zero-order valence-electron chi connectivity index (χ0n) is 18.0. The minimum atomic E-state index is -0.462. The fourth-order valence-electron chi connectivity index (χ4n) is 4.03. The molecule has 0 saturated carbocycles. The fraction of sp³-hybridized carbons (Fsp3) is 0.192. The van der Waals surface area contributed by atoms with Gasteiger partial charge in [0, 0.05) is 33.1 Å². The number of methoxy groups -OCH3 is 1. The van der Waals surface area contributed by atoms with Crippen LogP contribution in [0.3, 0.4) is 0 Å². The average Bonchev–Trinajstić information content (AvgIpc) is 3.14. The normalized spacial score (nSPS) is 15.5. The second kappa shape index (κ2) is 7.47. The predicted octanol–water partition coefficient (Wildman–Crippen LogP) is 6.45. The number of nitrogens with one attached hydrogen (secondary N) is 1. The zero-order valence-corrected chi connectivity index (χ0v) is 18.7. The van der Waals surface area contributed by atoms with Gasteiger partial charge in [0.25, 0.3) is 0 Å². The van der Waals surface area contributed by atoms with Crippen LogP contribution < -0.4 is 4.74 Å². The number of aryl methyl sites for hydroxylation is 1. The number of aromatic nitrogens is 1. The summed E-state index contributed by atoms with van der Waals surface area (Å²) in [7, 11) is 1.63. The van der Waals surface area contributed by atoms with Crippen LogP contribution in [0.15, 0.2) is 72.2 Å². The number of rotatable bonds is 5. The first kappa shape index (κ1) is 21.0. The maximum atomic E-state index is 13.0. The lowest BCUT2D eigenvalue weighted by atomic mass is 9.74. The van der Waals surface area contributed by atoms with Crippen LogP contribution in [0.1, 0.15) is 30.5 Å². The van der Waals surface area contributed by atoms with Gasteiger partial charge in [0.05, 0.1) is 18.3 Å². The predicted molar refractivity (Wildman–Crippen MR) is 126 cm³/mol. The van der Waals surface area contributed by atoms with Crippen molar-refractivity contribution in [1.82, 2.24) is 4.98 Å². The number of hydrogen-bond acceptors (Lipinski definition) is 3. The molecule has 158 valence electrons. The van der Waals surface area contributed by atoms with Gasteiger partial charge in [0.15, 0.2) is 0 Å². The highest BCUT2D eigenvalue weighted by molar-refractivity contribution is 6.40. The van der Waals surface area contributed by atoms with E-state index >= 15 is 0 Å². The summed E-state index contributed by atoms with van der Waals surface area (Å²) in [5.74, 6) is 0.528. The molecule has 0 radical (unpaired) electrons. The second-order valence-electron chi connectivity index (χ2n) is 8.33. The van der Waals surface area contributed by atoms with Crippen molar-refractivity contribution in [2.24, 2.45) is 0 Å². The number of carbonyl (C=O) groups is 1. The number of aliphatic hydroxyl groups excluding tert-OH is 1. The van der Waals surface area contributed by atoms with Crippen molar-refractivity contribution in [2.75, 3.05) is 7.11 Å². The number of allylic oxidation sites excluding steroid dienone is 4. The summed E-state index contributed by atoms with van der Waals surface area (Å²) >= 11 is 6.12. The maximum absolute atomic E-state index is 13.0. The fourth-order valence-corrected chi connectivity index (χ4v) is 4.21. The largest absolute Gasteiger partial charge is 0.506 e. The first-order chi connectivity index (χ1) is 14.6. The Morgan fingerprint density at radius 1 is 1.23 bits per heavy atom. The third-order valence-electron chi connectivity index (χ3n) is 6.12. The number of halogens is 1. The number of ketones is 1. The minimum Gasteiger partial charge on any atom is -0.506 e. The Morgan fingerprint density at radius 3 is 2.65 bits per heavy atom. The summed E-state index contributed by atoms with van der Waals surface area (Å²) in [6.45, 7) is 10.3. The van der Waals surface area contributed by atoms with E-state index in [2.05, 4.69) is 11.6 Å². The van der Waals surface area contributed by atoms with Crippen molar-refractivity contribution in [3.05, 3.63) is 93.9 Å². The number of aromatic amines is 1. The first-order valence-electron chi connectivity index (χ1n) is 9.96. The van der Waals surface area contributed by atoms with Gasteiger partial charge in [-0.25, -0.2) is 0 Å². The van der Waals surface area contributed by atoms with Gasteiger partial charge in [-0.3, -0.25) is 4.79 Å². The molecule has 3 aromatic rings. The number of Topliss-reactive ketones (excluding diaryl/α,β-unsaturated/α-hetero) is 1. The molecule has 0 spiro atoms. The topological polar surface area (TPSA) is 62.3 Å². The zero-order chi connectivity index (χ0) is 22.5. The van der Waals surface area contributed by atoms with E-state index in [0.717, 1.165) is 33.4 Å². The van der Waals surface area contributed by atoms with Crippen LogP contribution in [-0.2, 0) is 10.2 Å². The maximum Gasteiger partial charge on any atom is 0.201 e. The Hall–Kier alpha value is -3.24. The van der Waals surface area contributed by atoms with Crippen molar-refractivity contribution in [3.63, 3.8) is 0 Å². The van der Waals surface area contributed by atoms with Gasteiger partial charge >= 0.3 is 0 Å². The number of carbonyl (C=O) groups excluding carboxylic acids is 1. The Morgan fingerprint density at radius 2 is 1.97 bits per heavy atom. The highest BCUT2D eigenvalue weighted by atomic mass is 35.5. The van der Waals surface area contributed by atoms with Gasteiger partial charge < -0.3 is 14.8 Å². The molecule has 0 amide bonds. The lowest BCUT2D eigenvalue weighted by Crippen LogP contribution is -2.24. The van der Waals surface area contributed by atoms with Crippen LogP contribution >= 0.6 is 11.6 Å². The Balaban J connectivity index is 1.71. The molecule has 0 saturated heterocycles. The lowest BCUT2D eigenvalue weighted by Gasteiger charge is -2.30. The number of fused-ring (bicyclic) bond motifs is 1. The third-order valence-corrected chi connectivity index (χ3v) is 6.35. The monoisotopic (exact) mass is 433 g/mol. The Kier molecular flexibility index (Phi) is 5.06. The molecule has 2 aromatic carbocycles. The van der Waals surface area contributed by atoms with Gasteiger partial charge in [-0.15, -0.1) is 0 Å². The molecule has 0 atom stereocenters. The van der Waals surface area contributed by atoms with Crippen molar-refractivity contribution in [1.29, 1.82) is 0 Å². The quantitative estimate of drug-likeness (QED) is 0.454. The molecule has 1 aromatic heterocycles. The highest BCUT2D eigenvalue weighted by Gasteiger charge is 2.37. The number of hydrogen-bond donors (Lipinski definition) is 2. The van der Waals surface area contributed by atoms with E-state index in [1.54, 1.807) is 31.5 Å². The molecular weight excluding hydrogens is 410 g/mol. The van der Waals surface area contributed by atoms with Gasteiger partial charge in [0.2, 0.25) is 5.78 Å². The first-order valence-corrected chi connectivity index (χ1v) is 10.3. The summed E-state index contributed by atoms with van der Waals surface area (Å²) in [5, 5.41) is 12.1. The van der Waals surface area contributed by atoms with E-state index in [1.165, 1.54) is 0 Å². The molecule has 1 aliphatic carbocycles. The summed E-state index contributed by atoms with van der Waals surface area (Å²) < 4.78 is 5.37. The summed E-state index contributed by atoms with van der Waals surface area (Å²) in [4.78, 5) is 16.1. The number of benzene rings is 2. The van der Waals surface area contributed by atoms with E-state index in [1.807, 2.05) is 45.0 Å². The lowest BCUT2D eigenvalue weighted by molar-refractivity contribution is -0.111. The Bertz CT molecular complexity index is 1310. The molecule has 1 aliphatic rings. The molecular formula is C26H24ClNO3. The smallest absolute Gasteiger partial charge is 0.201 e. The summed E-state index contributed by atoms with van der Waals surface area (Å²) in [6, 6.07) is 11.3. The summed E-state index contributed by atoms with van der Waals surface area (Å²) in [6.07, 6.45) is 3.40. The SMILES string of the molecule is C=C(/C=C1/C(=O)C(c2c[nH]c3ccc(Cl)cc23)=C1O)C(C)(C)c1cc(OC)ccc1C. The second-order valence-corrected chi connectivity index (χ2v) is 8.77. The van der Waals surface area contributed by atoms with Crippen molar-refractivity contribution >= 4 is 33.9 Å². The third kappa shape index (κ3) is 3.37. The summed E-state index contributed by atoms with van der Waals surface area (Å²) in [5.41, 5.74) is 4.47. The molecule has 4 rings (SSSR count). The van der Waals surface area contributed by atoms with E-state index < -0.39 is 5.41 Å². The van der Waals surface area contributed by atoms with E-state index in [0.29, 0.717) is 16.2 Å².